The van der Waals surface area contributed by atoms with Gasteiger partial charge in [-0.1, -0.05) is 84.9 Å². The molecule has 0 radical (unpaired) electrons. The van der Waals surface area contributed by atoms with Crippen LogP contribution >= 0.6 is 11.3 Å². The highest BCUT2D eigenvalue weighted by Gasteiger charge is 2.26. The van der Waals surface area contributed by atoms with Gasteiger partial charge in [0.05, 0.1) is 4.88 Å². The zero-order valence-electron chi connectivity index (χ0n) is 16.9. The molecular formula is C26H25N2OS+. The van der Waals surface area contributed by atoms with Gasteiger partial charge in [0.1, 0.15) is 6.04 Å². The minimum Gasteiger partial charge on any atom is -0.326 e. The lowest BCUT2D eigenvalue weighted by Crippen LogP contribution is -2.92. The zero-order valence-corrected chi connectivity index (χ0v) is 17.7. The SMILES string of the molecule is C[C@H]([NH2+][C@@H](c1ccccc1)c1cccs1)C(=O)Nc1ccccc1-c1ccccc1. The van der Waals surface area contributed by atoms with Crippen LogP contribution in [0.3, 0.4) is 0 Å². The summed E-state index contributed by atoms with van der Waals surface area (Å²) in [7, 11) is 0. The summed E-state index contributed by atoms with van der Waals surface area (Å²) in [6.07, 6.45) is 0. The van der Waals surface area contributed by atoms with Crippen molar-refractivity contribution >= 4 is 22.9 Å². The lowest BCUT2D eigenvalue weighted by molar-refractivity contribution is -0.703. The standard InChI is InChI=1S/C26H24N2OS/c1-19(27-25(24-17-10-18-30-24)21-13-6-3-7-14-21)26(29)28-23-16-9-8-15-22(23)20-11-4-2-5-12-20/h2-19,25,27H,1H3,(H,28,29)/p+1/t19-,25-/m0/s1. The van der Waals surface area contributed by atoms with Crippen molar-refractivity contribution in [2.45, 2.75) is 19.0 Å². The summed E-state index contributed by atoms with van der Waals surface area (Å²) in [4.78, 5) is 14.3. The van der Waals surface area contributed by atoms with Crippen molar-refractivity contribution in [3.63, 3.8) is 0 Å². The van der Waals surface area contributed by atoms with Crippen LogP contribution in [0.15, 0.2) is 102 Å². The van der Waals surface area contributed by atoms with Gasteiger partial charge in [0.15, 0.2) is 6.04 Å². The van der Waals surface area contributed by atoms with Crippen LogP contribution < -0.4 is 10.6 Å². The van der Waals surface area contributed by atoms with Crippen molar-refractivity contribution in [3.8, 4) is 11.1 Å². The smallest absolute Gasteiger partial charge is 0.282 e. The number of amides is 1. The first-order valence-corrected chi connectivity index (χ1v) is 11.0. The van der Waals surface area contributed by atoms with E-state index in [0.29, 0.717) is 0 Å². The number of hydrogen-bond donors (Lipinski definition) is 2. The molecule has 0 unspecified atom stereocenters. The summed E-state index contributed by atoms with van der Waals surface area (Å²) in [5.74, 6) is -0.00383. The molecule has 4 aromatic rings. The number of quaternary nitrogens is 1. The topological polar surface area (TPSA) is 45.7 Å². The third-order valence-corrected chi connectivity index (χ3v) is 6.13. The van der Waals surface area contributed by atoms with Crippen LogP contribution in [0.2, 0.25) is 0 Å². The molecule has 2 atom stereocenters. The van der Waals surface area contributed by atoms with E-state index in [1.807, 2.05) is 67.6 Å². The Morgan fingerprint density at radius 3 is 2.20 bits per heavy atom. The van der Waals surface area contributed by atoms with Crippen LogP contribution in [-0.4, -0.2) is 11.9 Å². The van der Waals surface area contributed by atoms with Crippen LogP contribution in [0.4, 0.5) is 5.69 Å². The van der Waals surface area contributed by atoms with Gasteiger partial charge < -0.3 is 10.6 Å². The molecule has 0 saturated carbocycles. The quantitative estimate of drug-likeness (QED) is 0.435. The van der Waals surface area contributed by atoms with Crippen molar-refractivity contribution in [2.75, 3.05) is 5.32 Å². The normalized spacial score (nSPS) is 12.8. The van der Waals surface area contributed by atoms with Crippen LogP contribution in [-0.2, 0) is 4.79 Å². The first-order valence-electron chi connectivity index (χ1n) is 10.1. The van der Waals surface area contributed by atoms with Gasteiger partial charge in [0, 0.05) is 16.8 Å². The van der Waals surface area contributed by atoms with Gasteiger partial charge in [0.25, 0.3) is 5.91 Å². The fourth-order valence-electron chi connectivity index (χ4n) is 3.58. The van der Waals surface area contributed by atoms with E-state index >= 15 is 0 Å². The molecule has 1 heterocycles. The maximum Gasteiger partial charge on any atom is 0.282 e. The van der Waals surface area contributed by atoms with E-state index in [4.69, 9.17) is 0 Å². The highest BCUT2D eigenvalue weighted by molar-refractivity contribution is 7.10. The Kier molecular flexibility index (Phi) is 6.38. The first kappa shape index (κ1) is 20.1. The Labute approximate surface area is 181 Å². The predicted molar refractivity (Wildman–Crippen MR) is 124 cm³/mol. The molecule has 0 aliphatic carbocycles. The Hall–Kier alpha value is -3.21. The van der Waals surface area contributed by atoms with Crippen LogP contribution in [0, 0.1) is 0 Å². The van der Waals surface area contributed by atoms with Gasteiger partial charge in [-0.15, -0.1) is 11.3 Å². The molecule has 0 aliphatic heterocycles. The average Bonchev–Trinajstić information content (AvgIpc) is 3.33. The molecule has 3 N–H and O–H groups in total. The van der Waals surface area contributed by atoms with Gasteiger partial charge in [-0.05, 0) is 30.0 Å². The summed E-state index contributed by atoms with van der Waals surface area (Å²) in [6.45, 7) is 1.96. The van der Waals surface area contributed by atoms with E-state index in [9.17, 15) is 4.79 Å². The molecule has 3 nitrogen and oxygen atoms in total. The molecule has 0 fully saturated rings. The third-order valence-electron chi connectivity index (χ3n) is 5.17. The predicted octanol–water partition coefficient (Wildman–Crippen LogP) is 5.10. The Bertz CT molecular complexity index is 1080. The first-order chi connectivity index (χ1) is 14.7. The maximum atomic E-state index is 13.1. The van der Waals surface area contributed by atoms with E-state index in [2.05, 4.69) is 52.4 Å². The second kappa shape index (κ2) is 9.53. The number of rotatable bonds is 7. The molecule has 0 bridgehead atoms. The third kappa shape index (κ3) is 4.67. The molecule has 1 amide bonds. The molecule has 30 heavy (non-hydrogen) atoms. The van der Waals surface area contributed by atoms with Gasteiger partial charge in [0.2, 0.25) is 0 Å². The maximum absolute atomic E-state index is 13.1. The number of carbonyl (C=O) groups excluding carboxylic acids is 1. The van der Waals surface area contributed by atoms with Gasteiger partial charge in [-0.3, -0.25) is 4.79 Å². The molecule has 1 aromatic heterocycles. The Morgan fingerprint density at radius 1 is 0.833 bits per heavy atom. The van der Waals surface area contributed by atoms with E-state index < -0.39 is 0 Å². The zero-order chi connectivity index (χ0) is 20.8. The number of thiophene rings is 1. The van der Waals surface area contributed by atoms with Crippen LogP contribution in [0.25, 0.3) is 11.1 Å². The van der Waals surface area contributed by atoms with E-state index in [1.165, 1.54) is 10.4 Å². The largest absolute Gasteiger partial charge is 0.326 e. The monoisotopic (exact) mass is 413 g/mol. The van der Waals surface area contributed by atoms with Gasteiger partial charge >= 0.3 is 0 Å². The minimum absolute atomic E-state index is 0.00383. The number of anilines is 1. The summed E-state index contributed by atoms with van der Waals surface area (Å²) < 4.78 is 0. The average molecular weight is 414 g/mol. The summed E-state index contributed by atoms with van der Waals surface area (Å²) in [5, 5.41) is 7.37. The van der Waals surface area contributed by atoms with Crippen LogP contribution in [0.1, 0.15) is 23.4 Å². The lowest BCUT2D eigenvalue weighted by atomic mass is 10.0. The second-order valence-corrected chi connectivity index (χ2v) is 8.27. The molecule has 4 rings (SSSR count). The fraction of sp³-hybridized carbons (Fsp3) is 0.115. The van der Waals surface area contributed by atoms with Crippen molar-refractivity contribution < 1.29 is 10.1 Å². The highest BCUT2D eigenvalue weighted by Crippen LogP contribution is 2.27. The number of carbonyl (C=O) groups is 1. The van der Waals surface area contributed by atoms with Crippen molar-refractivity contribution in [3.05, 3.63) is 113 Å². The molecule has 0 aliphatic rings. The van der Waals surface area contributed by atoms with Gasteiger partial charge in [-0.25, -0.2) is 0 Å². The molecule has 4 heteroatoms. The van der Waals surface area contributed by atoms with Crippen LogP contribution in [0.5, 0.6) is 0 Å². The number of nitrogens with two attached hydrogens (primary N) is 1. The summed E-state index contributed by atoms with van der Waals surface area (Å²) in [6, 6.07) is 32.5. The Morgan fingerprint density at radius 2 is 1.50 bits per heavy atom. The van der Waals surface area contributed by atoms with Crippen molar-refractivity contribution in [1.82, 2.24) is 0 Å². The number of hydrogen-bond acceptors (Lipinski definition) is 2. The van der Waals surface area contributed by atoms with Crippen molar-refractivity contribution in [2.24, 2.45) is 0 Å². The lowest BCUT2D eigenvalue weighted by Gasteiger charge is -2.20. The Balaban J connectivity index is 1.53. The molecular weight excluding hydrogens is 388 g/mol. The minimum atomic E-state index is -0.249. The second-order valence-electron chi connectivity index (χ2n) is 7.29. The fourth-order valence-corrected chi connectivity index (χ4v) is 4.42. The molecule has 0 spiro atoms. The van der Waals surface area contributed by atoms with E-state index in [0.717, 1.165) is 16.8 Å². The number of nitrogens with one attached hydrogen (secondary N) is 1. The molecule has 150 valence electrons. The summed E-state index contributed by atoms with van der Waals surface area (Å²) >= 11 is 1.72. The molecule has 0 saturated heterocycles. The van der Waals surface area contributed by atoms with Gasteiger partial charge in [-0.2, -0.15) is 0 Å². The molecule has 3 aromatic carbocycles. The highest BCUT2D eigenvalue weighted by atomic mass is 32.1. The van der Waals surface area contributed by atoms with E-state index in [-0.39, 0.29) is 18.0 Å². The van der Waals surface area contributed by atoms with E-state index in [1.54, 1.807) is 11.3 Å². The number of benzene rings is 3. The summed E-state index contributed by atoms with van der Waals surface area (Å²) in [5.41, 5.74) is 4.15. The van der Waals surface area contributed by atoms with Crippen molar-refractivity contribution in [1.29, 1.82) is 0 Å². The number of para-hydroxylation sites is 1.